The minimum Gasteiger partial charge on any atom is -0.480 e. The Morgan fingerprint density at radius 1 is 1.44 bits per heavy atom. The molecular weight excluding hydrogens is 236 g/mol. The number of rotatable bonds is 3. The number of aromatic nitrogens is 6. The van der Waals surface area contributed by atoms with Crippen LogP contribution >= 0.6 is 11.6 Å². The molecule has 2 aromatic heterocycles. The Hall–Kier alpha value is -2.09. The predicted octanol–water partition coefficient (Wildman–Crippen LogP) is -0.132. The molecule has 82 valence electrons. The minimum absolute atomic E-state index is 0.113. The maximum Gasteiger partial charge on any atom is 0.327 e. The number of tetrazole rings is 1. The third kappa shape index (κ3) is 2.28. The second-order valence-electron chi connectivity index (χ2n) is 2.78. The van der Waals surface area contributed by atoms with Gasteiger partial charge in [0.1, 0.15) is 0 Å². The quantitative estimate of drug-likeness (QED) is 0.745. The topological polar surface area (TPSA) is 107 Å². The largest absolute Gasteiger partial charge is 0.480 e. The molecule has 2 rings (SSSR count). The molecule has 0 aliphatic rings. The van der Waals surface area contributed by atoms with Gasteiger partial charge >= 0.3 is 5.97 Å². The van der Waals surface area contributed by atoms with E-state index in [2.05, 4.69) is 25.4 Å². The number of carboxylic acids is 1. The van der Waals surface area contributed by atoms with E-state index in [9.17, 15) is 4.79 Å². The zero-order valence-corrected chi connectivity index (χ0v) is 8.53. The Morgan fingerprint density at radius 3 is 2.75 bits per heavy atom. The molecule has 1 N–H and O–H groups in total. The Morgan fingerprint density at radius 2 is 2.12 bits per heavy atom. The summed E-state index contributed by atoms with van der Waals surface area (Å²) in [5, 5.41) is 19.7. The number of hydrogen-bond acceptors (Lipinski definition) is 6. The molecule has 0 aliphatic heterocycles. The highest BCUT2D eigenvalue weighted by molar-refractivity contribution is 6.28. The first-order chi connectivity index (χ1) is 7.65. The maximum absolute atomic E-state index is 10.4. The molecule has 0 aromatic carbocycles. The Bertz CT molecular complexity index is 510. The van der Waals surface area contributed by atoms with Gasteiger partial charge < -0.3 is 5.11 Å². The molecule has 0 radical (unpaired) electrons. The average Bonchev–Trinajstić information content (AvgIpc) is 2.66. The summed E-state index contributed by atoms with van der Waals surface area (Å²) >= 11 is 5.51. The predicted molar refractivity (Wildman–Crippen MR) is 51.5 cm³/mol. The summed E-state index contributed by atoms with van der Waals surface area (Å²) in [4.78, 5) is 18.8. The molecular formula is C7H5ClN6O2. The van der Waals surface area contributed by atoms with Gasteiger partial charge in [-0.3, -0.25) is 4.79 Å². The van der Waals surface area contributed by atoms with Gasteiger partial charge in [0.05, 0.1) is 5.56 Å². The number of halogens is 1. The summed E-state index contributed by atoms with van der Waals surface area (Å²) in [7, 11) is 0. The maximum atomic E-state index is 10.4. The lowest BCUT2D eigenvalue weighted by Gasteiger charge is -1.92. The van der Waals surface area contributed by atoms with Gasteiger partial charge in [0.25, 0.3) is 0 Å². The van der Waals surface area contributed by atoms with Crippen molar-refractivity contribution >= 4 is 17.6 Å². The van der Waals surface area contributed by atoms with E-state index in [1.165, 1.54) is 12.4 Å². The zero-order chi connectivity index (χ0) is 11.5. The van der Waals surface area contributed by atoms with E-state index in [0.29, 0.717) is 5.56 Å². The molecule has 0 saturated heterocycles. The van der Waals surface area contributed by atoms with E-state index in [-0.39, 0.29) is 17.7 Å². The highest BCUT2D eigenvalue weighted by atomic mass is 35.5. The fourth-order valence-electron chi connectivity index (χ4n) is 0.975. The van der Waals surface area contributed by atoms with Crippen LogP contribution in [0.1, 0.15) is 0 Å². The molecule has 0 aliphatic carbocycles. The van der Waals surface area contributed by atoms with Gasteiger partial charge in [0, 0.05) is 12.4 Å². The molecule has 0 atom stereocenters. The van der Waals surface area contributed by atoms with Gasteiger partial charge in [-0.1, -0.05) is 0 Å². The highest BCUT2D eigenvalue weighted by Gasteiger charge is 2.08. The first-order valence-electron chi connectivity index (χ1n) is 4.12. The van der Waals surface area contributed by atoms with Crippen molar-refractivity contribution in [2.24, 2.45) is 0 Å². The van der Waals surface area contributed by atoms with Crippen LogP contribution in [0.15, 0.2) is 12.4 Å². The molecule has 16 heavy (non-hydrogen) atoms. The second kappa shape index (κ2) is 4.19. The number of hydrogen-bond donors (Lipinski definition) is 1. The van der Waals surface area contributed by atoms with Crippen molar-refractivity contribution in [2.75, 3.05) is 0 Å². The van der Waals surface area contributed by atoms with Gasteiger partial charge in [-0.2, -0.15) is 4.80 Å². The van der Waals surface area contributed by atoms with E-state index < -0.39 is 5.97 Å². The minimum atomic E-state index is -1.05. The summed E-state index contributed by atoms with van der Waals surface area (Å²) < 4.78 is 0. The first-order valence-corrected chi connectivity index (χ1v) is 4.50. The smallest absolute Gasteiger partial charge is 0.327 e. The lowest BCUT2D eigenvalue weighted by Crippen LogP contribution is -2.11. The van der Waals surface area contributed by atoms with Crippen LogP contribution in [0.2, 0.25) is 5.28 Å². The van der Waals surface area contributed by atoms with Gasteiger partial charge in [-0.15, -0.1) is 10.2 Å². The van der Waals surface area contributed by atoms with Crippen molar-refractivity contribution in [3.05, 3.63) is 17.7 Å². The Labute approximate surface area is 93.9 Å². The zero-order valence-electron chi connectivity index (χ0n) is 7.78. The lowest BCUT2D eigenvalue weighted by molar-refractivity contribution is -0.138. The van der Waals surface area contributed by atoms with Crippen molar-refractivity contribution in [2.45, 2.75) is 6.54 Å². The van der Waals surface area contributed by atoms with Crippen molar-refractivity contribution in [3.63, 3.8) is 0 Å². The summed E-state index contributed by atoms with van der Waals surface area (Å²) in [6, 6.07) is 0. The van der Waals surface area contributed by atoms with E-state index >= 15 is 0 Å². The van der Waals surface area contributed by atoms with E-state index in [1.54, 1.807) is 0 Å². The van der Waals surface area contributed by atoms with Crippen LogP contribution in [0.3, 0.4) is 0 Å². The second-order valence-corrected chi connectivity index (χ2v) is 3.12. The summed E-state index contributed by atoms with van der Waals surface area (Å²) in [5.41, 5.74) is 0.515. The van der Waals surface area contributed by atoms with E-state index in [0.717, 1.165) is 4.80 Å². The third-order valence-electron chi connectivity index (χ3n) is 1.61. The Balaban J connectivity index is 2.24. The van der Waals surface area contributed by atoms with Crippen LogP contribution in [-0.4, -0.2) is 41.3 Å². The van der Waals surface area contributed by atoms with Crippen molar-refractivity contribution < 1.29 is 9.90 Å². The van der Waals surface area contributed by atoms with Crippen molar-refractivity contribution in [1.29, 1.82) is 0 Å². The SMILES string of the molecule is O=C(O)Cn1nnc(-c2cnc(Cl)nc2)n1. The molecule has 0 spiro atoms. The summed E-state index contributed by atoms with van der Waals surface area (Å²) in [5.74, 6) is -0.797. The highest BCUT2D eigenvalue weighted by Crippen LogP contribution is 2.11. The van der Waals surface area contributed by atoms with Crippen LogP contribution in [0.4, 0.5) is 0 Å². The molecule has 2 heterocycles. The summed E-state index contributed by atoms with van der Waals surface area (Å²) in [6.07, 6.45) is 2.86. The monoisotopic (exact) mass is 240 g/mol. The average molecular weight is 241 g/mol. The fraction of sp³-hybridized carbons (Fsp3) is 0.143. The van der Waals surface area contributed by atoms with E-state index in [1.807, 2.05) is 0 Å². The van der Waals surface area contributed by atoms with Crippen LogP contribution < -0.4 is 0 Å². The standard InChI is InChI=1S/C7H5ClN6O2/c8-7-9-1-4(2-10-7)6-11-13-14(12-6)3-5(15)16/h1-2H,3H2,(H,15,16). The van der Waals surface area contributed by atoms with Gasteiger partial charge in [0.15, 0.2) is 6.54 Å². The van der Waals surface area contributed by atoms with Crippen LogP contribution in [0.5, 0.6) is 0 Å². The van der Waals surface area contributed by atoms with E-state index in [4.69, 9.17) is 16.7 Å². The fourth-order valence-corrected chi connectivity index (χ4v) is 1.07. The molecule has 0 amide bonds. The third-order valence-corrected chi connectivity index (χ3v) is 1.80. The summed E-state index contributed by atoms with van der Waals surface area (Å²) in [6.45, 7) is -0.346. The molecule has 8 nitrogen and oxygen atoms in total. The van der Waals surface area contributed by atoms with Crippen LogP contribution in [-0.2, 0) is 11.3 Å². The van der Waals surface area contributed by atoms with Crippen LogP contribution in [0.25, 0.3) is 11.4 Å². The van der Waals surface area contributed by atoms with Crippen molar-refractivity contribution in [3.8, 4) is 11.4 Å². The normalized spacial score (nSPS) is 10.3. The molecule has 0 bridgehead atoms. The number of carboxylic acid groups (broad SMARTS) is 1. The molecule has 2 aromatic rings. The van der Waals surface area contributed by atoms with Crippen molar-refractivity contribution in [1.82, 2.24) is 30.2 Å². The van der Waals surface area contributed by atoms with Crippen LogP contribution in [0, 0.1) is 0 Å². The number of aliphatic carboxylic acids is 1. The van der Waals surface area contributed by atoms with Gasteiger partial charge in [-0.05, 0) is 16.8 Å². The van der Waals surface area contributed by atoms with Gasteiger partial charge in [-0.25, -0.2) is 9.97 Å². The molecule has 0 saturated carbocycles. The Kier molecular flexibility index (Phi) is 2.73. The molecule has 0 fully saturated rings. The number of carbonyl (C=O) groups is 1. The first kappa shape index (κ1) is 10.4. The molecule has 9 heteroatoms. The lowest BCUT2D eigenvalue weighted by atomic mass is 10.3. The van der Waals surface area contributed by atoms with Gasteiger partial charge in [0.2, 0.25) is 11.1 Å². The number of nitrogens with zero attached hydrogens (tertiary/aromatic N) is 6. The molecule has 0 unspecified atom stereocenters.